The maximum Gasteiger partial charge on any atom is 0.165 e. The van der Waals surface area contributed by atoms with Gasteiger partial charge in [-0.25, -0.2) is 4.39 Å². The lowest BCUT2D eigenvalue weighted by Gasteiger charge is -2.09. The van der Waals surface area contributed by atoms with Crippen molar-refractivity contribution in [1.29, 1.82) is 0 Å². The Morgan fingerprint density at radius 3 is 2.76 bits per heavy atom. The Hall–Kier alpha value is -1.42. The Bertz CT molecular complexity index is 393. The first-order valence-corrected chi connectivity index (χ1v) is 5.63. The minimum absolute atomic E-state index is 0.0786. The summed E-state index contributed by atoms with van der Waals surface area (Å²) in [5, 5.41) is 0. The van der Waals surface area contributed by atoms with Crippen molar-refractivity contribution in [3.8, 4) is 5.75 Å². The molecule has 0 saturated carbocycles. The number of ether oxygens (including phenoxy) is 1. The smallest absolute Gasteiger partial charge is 0.165 e. The van der Waals surface area contributed by atoms with Crippen molar-refractivity contribution >= 4 is 5.78 Å². The van der Waals surface area contributed by atoms with E-state index in [-0.39, 0.29) is 23.9 Å². The second-order valence-corrected chi connectivity index (χ2v) is 4.09. The predicted molar refractivity (Wildman–Crippen MR) is 64.5 cm³/mol. The second kappa shape index (κ2) is 6.35. The first-order chi connectivity index (χ1) is 8.08. The van der Waals surface area contributed by atoms with Gasteiger partial charge in [0.25, 0.3) is 0 Å². The molecule has 0 aromatic heterocycles. The highest BCUT2D eigenvalue weighted by Crippen LogP contribution is 2.19. The van der Waals surface area contributed by atoms with Crippen LogP contribution in [-0.4, -0.2) is 19.4 Å². The van der Waals surface area contributed by atoms with Crippen LogP contribution in [0, 0.1) is 11.7 Å². The molecule has 94 valence electrons. The molecule has 1 atom stereocenters. The molecule has 0 radical (unpaired) electrons. The quantitative estimate of drug-likeness (QED) is 0.825. The standard InChI is InChI=1S/C13H18FNO2/c1-9(5-6-15)12(16)8-10-3-4-13(17-2)11(14)7-10/h3-4,7,9H,5-6,8,15H2,1-2H3. The predicted octanol–water partition coefficient (Wildman–Crippen LogP) is 1.93. The summed E-state index contributed by atoms with van der Waals surface area (Å²) in [5.74, 6) is -0.245. The van der Waals surface area contributed by atoms with E-state index in [4.69, 9.17) is 10.5 Å². The van der Waals surface area contributed by atoms with Crippen LogP contribution < -0.4 is 10.5 Å². The molecule has 4 heteroatoms. The van der Waals surface area contributed by atoms with Crippen molar-refractivity contribution in [3.05, 3.63) is 29.6 Å². The fourth-order valence-corrected chi connectivity index (χ4v) is 1.61. The van der Waals surface area contributed by atoms with Gasteiger partial charge < -0.3 is 10.5 Å². The van der Waals surface area contributed by atoms with Crippen molar-refractivity contribution in [3.63, 3.8) is 0 Å². The molecule has 1 rings (SSSR count). The third-order valence-corrected chi connectivity index (χ3v) is 2.74. The van der Waals surface area contributed by atoms with Gasteiger partial charge in [-0.1, -0.05) is 13.0 Å². The zero-order valence-corrected chi connectivity index (χ0v) is 10.2. The number of ketones is 1. The number of hydrogen-bond acceptors (Lipinski definition) is 3. The molecule has 0 fully saturated rings. The van der Waals surface area contributed by atoms with E-state index in [1.54, 1.807) is 6.07 Å². The number of benzene rings is 1. The first kappa shape index (κ1) is 13.6. The zero-order valence-electron chi connectivity index (χ0n) is 10.2. The van der Waals surface area contributed by atoms with Crippen molar-refractivity contribution in [2.75, 3.05) is 13.7 Å². The van der Waals surface area contributed by atoms with Crippen molar-refractivity contribution in [2.24, 2.45) is 11.7 Å². The van der Waals surface area contributed by atoms with Gasteiger partial charge in [0.2, 0.25) is 0 Å². The van der Waals surface area contributed by atoms with E-state index in [1.807, 2.05) is 6.92 Å². The average Bonchev–Trinajstić information content (AvgIpc) is 2.29. The van der Waals surface area contributed by atoms with Crippen molar-refractivity contribution in [1.82, 2.24) is 0 Å². The number of hydrogen-bond donors (Lipinski definition) is 1. The lowest BCUT2D eigenvalue weighted by molar-refractivity contribution is -0.121. The van der Waals surface area contributed by atoms with Crippen LogP contribution in [0.3, 0.4) is 0 Å². The summed E-state index contributed by atoms with van der Waals surface area (Å²) in [6, 6.07) is 4.58. The molecule has 0 bridgehead atoms. The van der Waals surface area contributed by atoms with E-state index < -0.39 is 5.82 Å². The summed E-state index contributed by atoms with van der Waals surface area (Å²) < 4.78 is 18.2. The van der Waals surface area contributed by atoms with E-state index in [9.17, 15) is 9.18 Å². The molecule has 17 heavy (non-hydrogen) atoms. The Morgan fingerprint density at radius 2 is 2.24 bits per heavy atom. The fourth-order valence-electron chi connectivity index (χ4n) is 1.61. The topological polar surface area (TPSA) is 52.3 Å². The van der Waals surface area contributed by atoms with Crippen LogP contribution in [0.4, 0.5) is 4.39 Å². The van der Waals surface area contributed by atoms with Crippen LogP contribution in [0.25, 0.3) is 0 Å². The van der Waals surface area contributed by atoms with Gasteiger partial charge in [0.05, 0.1) is 7.11 Å². The largest absolute Gasteiger partial charge is 0.494 e. The number of carbonyl (C=O) groups excluding carboxylic acids is 1. The van der Waals surface area contributed by atoms with Crippen LogP contribution >= 0.6 is 0 Å². The fraction of sp³-hybridized carbons (Fsp3) is 0.462. The monoisotopic (exact) mass is 239 g/mol. The number of Topliss-reactive ketones (excluding diaryl/α,β-unsaturated/α-hetero) is 1. The second-order valence-electron chi connectivity index (χ2n) is 4.09. The molecule has 0 amide bonds. The zero-order chi connectivity index (χ0) is 12.8. The molecule has 2 N–H and O–H groups in total. The molecule has 0 spiro atoms. The molecular formula is C13H18FNO2. The van der Waals surface area contributed by atoms with Gasteiger partial charge in [0.15, 0.2) is 11.6 Å². The van der Waals surface area contributed by atoms with E-state index in [0.717, 1.165) is 0 Å². The molecule has 0 aliphatic heterocycles. The lowest BCUT2D eigenvalue weighted by Crippen LogP contribution is -2.17. The minimum atomic E-state index is -0.440. The third kappa shape index (κ3) is 3.82. The van der Waals surface area contributed by atoms with Gasteiger partial charge in [-0.15, -0.1) is 0 Å². The maximum absolute atomic E-state index is 13.4. The van der Waals surface area contributed by atoms with Crippen LogP contribution in [0.15, 0.2) is 18.2 Å². The molecule has 0 aliphatic rings. The Balaban J connectivity index is 2.69. The summed E-state index contributed by atoms with van der Waals surface area (Å²) in [6.07, 6.45) is 0.902. The summed E-state index contributed by atoms with van der Waals surface area (Å²) >= 11 is 0. The Labute approximate surface area is 101 Å². The SMILES string of the molecule is COc1ccc(CC(=O)C(C)CCN)cc1F. The molecule has 3 nitrogen and oxygen atoms in total. The number of halogens is 1. The van der Waals surface area contributed by atoms with Crippen LogP contribution in [0.2, 0.25) is 0 Å². The van der Waals surface area contributed by atoms with Gasteiger partial charge in [-0.2, -0.15) is 0 Å². The molecule has 1 unspecified atom stereocenters. The molecule has 0 aliphatic carbocycles. The highest BCUT2D eigenvalue weighted by Gasteiger charge is 2.13. The lowest BCUT2D eigenvalue weighted by atomic mass is 9.97. The van der Waals surface area contributed by atoms with Crippen molar-refractivity contribution in [2.45, 2.75) is 19.8 Å². The van der Waals surface area contributed by atoms with Crippen LogP contribution in [0.1, 0.15) is 18.9 Å². The summed E-state index contributed by atoms with van der Waals surface area (Å²) in [5.41, 5.74) is 6.06. The van der Waals surface area contributed by atoms with Crippen LogP contribution in [0.5, 0.6) is 5.75 Å². The highest BCUT2D eigenvalue weighted by atomic mass is 19.1. The molecule has 1 aromatic rings. The summed E-state index contributed by atoms with van der Waals surface area (Å²) in [6.45, 7) is 2.33. The van der Waals surface area contributed by atoms with Gasteiger partial charge in [0, 0.05) is 12.3 Å². The minimum Gasteiger partial charge on any atom is -0.494 e. The first-order valence-electron chi connectivity index (χ1n) is 5.63. The molecule has 0 heterocycles. The number of rotatable bonds is 6. The Kier molecular flexibility index (Phi) is 5.10. The van der Waals surface area contributed by atoms with Crippen molar-refractivity contribution < 1.29 is 13.9 Å². The van der Waals surface area contributed by atoms with E-state index >= 15 is 0 Å². The molecule has 1 aromatic carbocycles. The van der Waals surface area contributed by atoms with Gasteiger partial charge in [-0.05, 0) is 30.7 Å². The maximum atomic E-state index is 13.4. The van der Waals surface area contributed by atoms with E-state index in [2.05, 4.69) is 0 Å². The number of nitrogens with two attached hydrogens (primary N) is 1. The van der Waals surface area contributed by atoms with Gasteiger partial charge >= 0.3 is 0 Å². The average molecular weight is 239 g/mol. The Morgan fingerprint density at radius 1 is 1.53 bits per heavy atom. The summed E-state index contributed by atoms with van der Waals surface area (Å²) in [4.78, 5) is 11.8. The van der Waals surface area contributed by atoms with Gasteiger partial charge in [0.1, 0.15) is 5.78 Å². The normalized spacial score (nSPS) is 12.2. The third-order valence-electron chi connectivity index (χ3n) is 2.74. The highest BCUT2D eigenvalue weighted by molar-refractivity contribution is 5.82. The molecule has 0 saturated heterocycles. The van der Waals surface area contributed by atoms with Gasteiger partial charge in [-0.3, -0.25) is 4.79 Å². The van der Waals surface area contributed by atoms with E-state index in [1.165, 1.54) is 19.2 Å². The number of carbonyl (C=O) groups is 1. The number of methoxy groups -OCH3 is 1. The molecular weight excluding hydrogens is 221 g/mol. The summed E-state index contributed by atoms with van der Waals surface area (Å²) in [7, 11) is 1.41. The van der Waals surface area contributed by atoms with E-state index in [0.29, 0.717) is 18.5 Å². The van der Waals surface area contributed by atoms with Crippen LogP contribution in [-0.2, 0) is 11.2 Å².